The molecule has 0 atom stereocenters. The van der Waals surface area contributed by atoms with Gasteiger partial charge in [0.1, 0.15) is 5.52 Å². The van der Waals surface area contributed by atoms with Gasteiger partial charge in [-0.3, -0.25) is 9.69 Å². The number of nitrogens with one attached hydrogen (secondary N) is 1. The van der Waals surface area contributed by atoms with E-state index in [9.17, 15) is 23.2 Å². The number of oxazole rings is 1. The molecule has 0 aliphatic carbocycles. The van der Waals surface area contributed by atoms with Gasteiger partial charge in [-0.1, -0.05) is 37.9 Å². The maximum Gasteiger partial charge on any atom is 0.416 e. The zero-order valence-corrected chi connectivity index (χ0v) is 24.1. The van der Waals surface area contributed by atoms with Crippen molar-refractivity contribution >= 4 is 60.2 Å². The lowest BCUT2D eigenvalue weighted by Crippen LogP contribution is -2.48. The number of benzene rings is 3. The van der Waals surface area contributed by atoms with Gasteiger partial charge < -0.3 is 14.6 Å². The molecule has 40 heavy (non-hydrogen) atoms. The summed E-state index contributed by atoms with van der Waals surface area (Å²) in [5, 5.41) is 12.2. The maximum atomic E-state index is 13.0. The second kappa shape index (κ2) is 11.6. The Balaban J connectivity index is 1.18. The highest BCUT2D eigenvalue weighted by Gasteiger charge is 2.31. The first kappa shape index (κ1) is 28.1. The number of nitrogens with zero attached hydrogens (tertiary/aromatic N) is 4. The average Bonchev–Trinajstić information content (AvgIpc) is 3.37. The van der Waals surface area contributed by atoms with E-state index in [1.165, 1.54) is 6.07 Å². The van der Waals surface area contributed by atoms with Gasteiger partial charge >= 0.3 is 6.18 Å². The van der Waals surface area contributed by atoms with E-state index in [1.807, 2.05) is 9.80 Å². The number of anilines is 2. The molecule has 1 amide bonds. The van der Waals surface area contributed by atoms with Gasteiger partial charge in [0.25, 0.3) is 0 Å². The van der Waals surface area contributed by atoms with Gasteiger partial charge in [-0.25, -0.2) is 4.98 Å². The Morgan fingerprint density at radius 1 is 1.07 bits per heavy atom. The van der Waals surface area contributed by atoms with Crippen molar-refractivity contribution in [1.29, 1.82) is 5.26 Å². The van der Waals surface area contributed by atoms with Gasteiger partial charge in [-0.05, 0) is 54.6 Å². The van der Waals surface area contributed by atoms with E-state index in [0.717, 1.165) is 17.7 Å². The minimum Gasteiger partial charge on any atom is -0.436 e. The number of halogens is 5. The molecular weight excluding hydrogens is 655 g/mol. The maximum absolute atomic E-state index is 13.0. The highest BCUT2D eigenvalue weighted by atomic mass is 79.9. The Kier molecular flexibility index (Phi) is 8.16. The number of amides is 1. The van der Waals surface area contributed by atoms with Crippen LogP contribution in [0.25, 0.3) is 22.6 Å². The number of nitriles is 1. The van der Waals surface area contributed by atoms with E-state index in [4.69, 9.17) is 4.42 Å². The Morgan fingerprint density at radius 2 is 1.80 bits per heavy atom. The van der Waals surface area contributed by atoms with Crippen LogP contribution in [0.2, 0.25) is 0 Å². The zero-order chi connectivity index (χ0) is 28.4. The number of fused-ring (bicyclic) bond motifs is 1. The number of alkyl halides is 5. The van der Waals surface area contributed by atoms with Crippen LogP contribution < -0.4 is 10.2 Å². The van der Waals surface area contributed by atoms with Crippen molar-refractivity contribution in [3.8, 4) is 17.5 Å². The molecule has 0 unspecified atom stereocenters. The number of hydrogen-bond acceptors (Lipinski definition) is 6. The second-order valence-corrected chi connectivity index (χ2v) is 12.3. The third-order valence-corrected chi connectivity index (χ3v) is 7.56. The predicted octanol–water partition coefficient (Wildman–Crippen LogP) is 6.93. The van der Waals surface area contributed by atoms with E-state index < -0.39 is 11.7 Å². The molecule has 1 fully saturated rings. The molecule has 4 aromatic rings. The molecule has 3 aromatic carbocycles. The van der Waals surface area contributed by atoms with E-state index in [2.05, 4.69) is 48.2 Å². The van der Waals surface area contributed by atoms with Gasteiger partial charge in [-0.15, -0.1) is 0 Å². The first-order valence-electron chi connectivity index (χ1n) is 12.3. The normalized spacial score (nSPS) is 14.5. The lowest BCUT2D eigenvalue weighted by molar-refractivity contribution is -0.137. The number of hydrogen-bond donors (Lipinski definition) is 1. The van der Waals surface area contributed by atoms with E-state index in [-0.39, 0.29) is 16.2 Å². The summed E-state index contributed by atoms with van der Waals surface area (Å²) in [5.74, 6) is 0.208. The summed E-state index contributed by atoms with van der Waals surface area (Å²) in [6.45, 7) is 2.33. The van der Waals surface area contributed by atoms with Crippen molar-refractivity contribution in [3.63, 3.8) is 0 Å². The summed E-state index contributed by atoms with van der Waals surface area (Å²) >= 11 is 6.92. The van der Waals surface area contributed by atoms with Gasteiger partial charge in [0.2, 0.25) is 11.8 Å². The summed E-state index contributed by atoms with van der Waals surface area (Å²) in [6, 6.07) is 17.9. The molecule has 5 rings (SSSR count). The molecule has 2 heterocycles. The minimum atomic E-state index is -4.38. The average molecular weight is 677 g/mol. The van der Waals surface area contributed by atoms with Crippen LogP contribution in [-0.4, -0.2) is 48.5 Å². The van der Waals surface area contributed by atoms with Crippen molar-refractivity contribution < 1.29 is 22.4 Å². The molecule has 7 nitrogen and oxygen atoms in total. The standard InChI is InChI=1S/C28H22Br2F3N5O2/c29-26(30)22-12-17(15-34)13-23-25(22)40-27(36-23)18-4-6-20(7-5-18)35-24(39)16-37-8-10-38(11-9-37)21-3-1-2-19(14-21)28(31,32)33/h1-7,12-14,26H,8-11,16H2,(H,35,39). The Morgan fingerprint density at radius 3 is 2.45 bits per heavy atom. The van der Waals surface area contributed by atoms with Gasteiger partial charge in [0.15, 0.2) is 5.58 Å². The molecule has 1 aliphatic heterocycles. The van der Waals surface area contributed by atoms with Crippen LogP contribution in [0.4, 0.5) is 24.5 Å². The summed E-state index contributed by atoms with van der Waals surface area (Å²) in [5.41, 5.74) is 3.55. The zero-order valence-electron chi connectivity index (χ0n) is 20.9. The summed E-state index contributed by atoms with van der Waals surface area (Å²) in [7, 11) is 0. The number of carbonyl (C=O) groups excluding carboxylic acids is 1. The van der Waals surface area contributed by atoms with Crippen LogP contribution in [-0.2, 0) is 11.0 Å². The molecule has 0 bridgehead atoms. The van der Waals surface area contributed by atoms with Crippen LogP contribution >= 0.6 is 31.9 Å². The number of rotatable bonds is 6. The Labute approximate surface area is 244 Å². The van der Waals surface area contributed by atoms with Crippen molar-refractivity contribution in [1.82, 2.24) is 9.88 Å². The molecule has 1 N–H and O–H groups in total. The fraction of sp³-hybridized carbons (Fsp3) is 0.250. The van der Waals surface area contributed by atoms with E-state index >= 15 is 0 Å². The quantitative estimate of drug-likeness (QED) is 0.223. The van der Waals surface area contributed by atoms with Crippen LogP contribution in [0.1, 0.15) is 20.4 Å². The summed E-state index contributed by atoms with van der Waals surface area (Å²) in [6.07, 6.45) is -4.38. The van der Waals surface area contributed by atoms with Crippen LogP contribution in [0.15, 0.2) is 65.1 Å². The van der Waals surface area contributed by atoms with Crippen molar-refractivity contribution in [2.75, 3.05) is 42.9 Å². The van der Waals surface area contributed by atoms with E-state index in [0.29, 0.717) is 65.7 Å². The van der Waals surface area contributed by atoms with Crippen LogP contribution in [0.3, 0.4) is 0 Å². The molecule has 1 aliphatic rings. The summed E-state index contributed by atoms with van der Waals surface area (Å²) < 4.78 is 44.9. The largest absolute Gasteiger partial charge is 0.436 e. The molecular formula is C28H22Br2F3N5O2. The van der Waals surface area contributed by atoms with E-state index in [1.54, 1.807) is 42.5 Å². The van der Waals surface area contributed by atoms with Crippen LogP contribution in [0, 0.1) is 11.3 Å². The fourth-order valence-electron chi connectivity index (χ4n) is 4.55. The predicted molar refractivity (Wildman–Crippen MR) is 153 cm³/mol. The minimum absolute atomic E-state index is 0.174. The number of piperazine rings is 1. The topological polar surface area (TPSA) is 85.4 Å². The Bertz CT molecular complexity index is 1570. The smallest absolute Gasteiger partial charge is 0.416 e. The Hall–Kier alpha value is -3.40. The number of carbonyl (C=O) groups is 1. The highest BCUT2D eigenvalue weighted by molar-refractivity contribution is 9.24. The SMILES string of the molecule is N#Cc1cc(C(Br)Br)c2oc(-c3ccc(NC(=O)CN4CCN(c5cccc(C(F)(F)F)c5)CC4)cc3)nc2c1. The monoisotopic (exact) mass is 675 g/mol. The molecule has 0 saturated carbocycles. The summed E-state index contributed by atoms with van der Waals surface area (Å²) in [4.78, 5) is 21.1. The lowest BCUT2D eigenvalue weighted by Gasteiger charge is -2.36. The molecule has 206 valence electrons. The lowest BCUT2D eigenvalue weighted by atomic mass is 10.1. The number of aromatic nitrogens is 1. The first-order chi connectivity index (χ1) is 19.1. The second-order valence-electron chi connectivity index (χ2n) is 9.28. The van der Waals surface area contributed by atoms with Gasteiger partial charge in [0.05, 0.1) is 27.5 Å². The van der Waals surface area contributed by atoms with Crippen molar-refractivity contribution in [2.45, 2.75) is 9.91 Å². The fourth-order valence-corrected chi connectivity index (χ4v) is 5.23. The van der Waals surface area contributed by atoms with Crippen molar-refractivity contribution in [2.24, 2.45) is 0 Å². The van der Waals surface area contributed by atoms with Gasteiger partial charge in [0, 0.05) is 48.7 Å². The molecule has 12 heteroatoms. The highest BCUT2D eigenvalue weighted by Crippen LogP contribution is 2.37. The van der Waals surface area contributed by atoms with Crippen LogP contribution in [0.5, 0.6) is 0 Å². The molecule has 0 radical (unpaired) electrons. The first-order valence-corrected chi connectivity index (χ1v) is 14.1. The molecule has 1 saturated heterocycles. The third-order valence-electron chi connectivity index (χ3n) is 6.58. The van der Waals surface area contributed by atoms with Crippen molar-refractivity contribution in [3.05, 3.63) is 77.4 Å². The molecule has 1 aromatic heterocycles. The molecule has 0 spiro atoms. The third kappa shape index (κ3) is 6.32. The van der Waals surface area contributed by atoms with Gasteiger partial charge in [-0.2, -0.15) is 18.4 Å².